The van der Waals surface area contributed by atoms with Gasteiger partial charge >= 0.3 is 6.16 Å². The Labute approximate surface area is 155 Å². The second-order valence-electron chi connectivity index (χ2n) is 9.67. The van der Waals surface area contributed by atoms with Gasteiger partial charge in [0.05, 0.1) is 0 Å². The maximum Gasteiger partial charge on any atom is 0.514 e. The number of carbonyl (C=O) groups excluding carboxylic acids is 2. The van der Waals surface area contributed by atoms with Crippen molar-refractivity contribution in [2.75, 3.05) is 0 Å². The van der Waals surface area contributed by atoms with Crippen molar-refractivity contribution >= 4 is 11.9 Å². The van der Waals surface area contributed by atoms with Gasteiger partial charge in [-0.1, -0.05) is 26.0 Å². The van der Waals surface area contributed by atoms with Crippen molar-refractivity contribution in [1.82, 2.24) is 0 Å². The van der Waals surface area contributed by atoms with Gasteiger partial charge in [0.1, 0.15) is 5.76 Å². The third-order valence-corrected chi connectivity index (χ3v) is 9.00. The van der Waals surface area contributed by atoms with E-state index in [0.717, 1.165) is 44.9 Å². The lowest BCUT2D eigenvalue weighted by molar-refractivity contribution is -0.119. The molecule has 6 atom stereocenters. The van der Waals surface area contributed by atoms with Crippen LogP contribution in [0, 0.1) is 28.6 Å². The number of allylic oxidation sites excluding steroid dienone is 1. The highest BCUT2D eigenvalue weighted by Crippen LogP contribution is 2.70. The summed E-state index contributed by atoms with van der Waals surface area (Å²) in [5.41, 5.74) is 0.860. The van der Waals surface area contributed by atoms with Crippen LogP contribution in [0.15, 0.2) is 24.0 Å². The smallest absolute Gasteiger partial charge is 0.419 e. The molecule has 0 N–H and O–H groups in total. The molecule has 1 aliphatic heterocycles. The molecule has 1 heterocycles. The summed E-state index contributed by atoms with van der Waals surface area (Å²) < 4.78 is 11.1. The highest BCUT2D eigenvalue weighted by molar-refractivity contribution is 5.91. The summed E-state index contributed by atoms with van der Waals surface area (Å²) >= 11 is 0. The molecular weight excluding hydrogens is 328 g/mol. The van der Waals surface area contributed by atoms with Crippen LogP contribution in [-0.4, -0.2) is 17.5 Å². The topological polar surface area (TPSA) is 52.6 Å². The van der Waals surface area contributed by atoms with Crippen LogP contribution in [0.3, 0.4) is 0 Å². The Morgan fingerprint density at radius 2 is 1.81 bits per heavy atom. The lowest BCUT2D eigenvalue weighted by Crippen LogP contribution is -2.55. The first-order valence-corrected chi connectivity index (χ1v) is 10.1. The zero-order valence-electron chi connectivity index (χ0n) is 15.8. The number of ketones is 1. The Bertz CT molecular complexity index is 751. The summed E-state index contributed by atoms with van der Waals surface area (Å²) in [5, 5.41) is 0. The van der Waals surface area contributed by atoms with Gasteiger partial charge in [0.25, 0.3) is 0 Å². The largest absolute Gasteiger partial charge is 0.514 e. The number of cyclic esters (lactones) is 1. The molecule has 0 aromatic rings. The molecule has 0 radical (unpaired) electrons. The Morgan fingerprint density at radius 3 is 2.54 bits per heavy atom. The normalized spacial score (nSPS) is 49.8. The summed E-state index contributed by atoms with van der Waals surface area (Å²) in [6.07, 6.45) is 9.33. The van der Waals surface area contributed by atoms with E-state index in [1.54, 1.807) is 0 Å². The van der Waals surface area contributed by atoms with Crippen LogP contribution in [-0.2, 0) is 14.3 Å². The monoisotopic (exact) mass is 356 g/mol. The molecule has 1 saturated heterocycles. The second-order valence-corrected chi connectivity index (χ2v) is 9.67. The molecule has 0 bridgehead atoms. The van der Waals surface area contributed by atoms with E-state index in [1.165, 1.54) is 5.57 Å². The van der Waals surface area contributed by atoms with Gasteiger partial charge in [-0.3, -0.25) is 4.79 Å². The van der Waals surface area contributed by atoms with Gasteiger partial charge < -0.3 is 9.47 Å². The molecule has 1 spiro atoms. The average molecular weight is 356 g/mol. The fourth-order valence-electron chi connectivity index (χ4n) is 7.59. The molecule has 5 aliphatic rings. The van der Waals surface area contributed by atoms with E-state index in [1.807, 2.05) is 6.08 Å². The molecule has 4 aliphatic carbocycles. The molecule has 5 rings (SSSR count). The Balaban J connectivity index is 1.51. The summed E-state index contributed by atoms with van der Waals surface area (Å²) in [5.74, 6) is 2.63. The van der Waals surface area contributed by atoms with Crippen molar-refractivity contribution in [3.8, 4) is 0 Å². The number of rotatable bonds is 0. The predicted molar refractivity (Wildman–Crippen MR) is 96.1 cm³/mol. The summed E-state index contributed by atoms with van der Waals surface area (Å²) in [4.78, 5) is 23.8. The van der Waals surface area contributed by atoms with Crippen LogP contribution >= 0.6 is 0 Å². The average Bonchev–Trinajstić information content (AvgIpc) is 3.05. The van der Waals surface area contributed by atoms with Crippen LogP contribution in [0.25, 0.3) is 0 Å². The maximum absolute atomic E-state index is 11.9. The van der Waals surface area contributed by atoms with Crippen molar-refractivity contribution < 1.29 is 19.1 Å². The van der Waals surface area contributed by atoms with Crippen molar-refractivity contribution in [2.24, 2.45) is 28.6 Å². The summed E-state index contributed by atoms with van der Waals surface area (Å²) in [6, 6.07) is 0. The zero-order valence-corrected chi connectivity index (χ0v) is 15.8. The van der Waals surface area contributed by atoms with Gasteiger partial charge in [-0.25, -0.2) is 4.79 Å². The highest BCUT2D eigenvalue weighted by Gasteiger charge is 2.69. The molecule has 4 heteroatoms. The van der Waals surface area contributed by atoms with Crippen LogP contribution in [0.5, 0.6) is 0 Å². The van der Waals surface area contributed by atoms with E-state index in [-0.39, 0.29) is 10.8 Å². The highest BCUT2D eigenvalue weighted by atomic mass is 16.8. The van der Waals surface area contributed by atoms with Crippen molar-refractivity contribution in [2.45, 2.75) is 70.8 Å². The van der Waals surface area contributed by atoms with Crippen LogP contribution < -0.4 is 0 Å². The lowest BCUT2D eigenvalue weighted by atomic mass is 9.46. The number of hydrogen-bond donors (Lipinski definition) is 0. The van der Waals surface area contributed by atoms with Crippen molar-refractivity contribution in [3.63, 3.8) is 0 Å². The van der Waals surface area contributed by atoms with Gasteiger partial charge in [0.15, 0.2) is 11.4 Å². The van der Waals surface area contributed by atoms with E-state index in [4.69, 9.17) is 9.47 Å². The minimum absolute atomic E-state index is 0.0839. The maximum atomic E-state index is 11.9. The zero-order chi connectivity index (χ0) is 18.3. The minimum atomic E-state index is -0.626. The number of fused-ring (bicyclic) bond motifs is 6. The van der Waals surface area contributed by atoms with Crippen molar-refractivity contribution in [1.29, 1.82) is 0 Å². The molecule has 26 heavy (non-hydrogen) atoms. The molecule has 3 saturated carbocycles. The lowest BCUT2D eigenvalue weighted by Gasteiger charge is -2.58. The van der Waals surface area contributed by atoms with Crippen molar-refractivity contribution in [3.05, 3.63) is 24.0 Å². The molecule has 0 aromatic carbocycles. The molecule has 4 fully saturated rings. The van der Waals surface area contributed by atoms with E-state index in [2.05, 4.69) is 20.4 Å². The third kappa shape index (κ3) is 1.81. The van der Waals surface area contributed by atoms with E-state index >= 15 is 0 Å². The molecule has 4 nitrogen and oxygen atoms in total. The third-order valence-electron chi connectivity index (χ3n) is 9.00. The first kappa shape index (κ1) is 16.6. The van der Waals surface area contributed by atoms with Gasteiger partial charge in [-0.15, -0.1) is 0 Å². The van der Waals surface area contributed by atoms with Crippen LogP contribution in [0.2, 0.25) is 0 Å². The molecule has 140 valence electrons. The number of ether oxygens (including phenoxy) is 2. The molecule has 0 aromatic heterocycles. The van der Waals surface area contributed by atoms with Crippen LogP contribution in [0.4, 0.5) is 4.79 Å². The van der Waals surface area contributed by atoms with E-state index < -0.39 is 11.8 Å². The number of carbonyl (C=O) groups is 2. The van der Waals surface area contributed by atoms with Gasteiger partial charge in [0.2, 0.25) is 0 Å². The van der Waals surface area contributed by atoms with Gasteiger partial charge in [0, 0.05) is 11.8 Å². The fourth-order valence-corrected chi connectivity index (χ4v) is 7.59. The van der Waals surface area contributed by atoms with Gasteiger partial charge in [-0.05, 0) is 74.2 Å². The first-order valence-electron chi connectivity index (χ1n) is 10.1. The quantitative estimate of drug-likeness (QED) is 0.577. The Morgan fingerprint density at radius 1 is 1.04 bits per heavy atom. The van der Waals surface area contributed by atoms with E-state index in [9.17, 15) is 9.59 Å². The second kappa shape index (κ2) is 5.02. The molecular formula is C22H28O4. The number of hydrogen-bond acceptors (Lipinski definition) is 4. The standard InChI is InChI=1S/C22H28O4/c1-13-22(26-19(24)25-13)11-8-18-16-5-4-14-12-15(23)6-9-20(14,2)17(16)7-10-21(18,22)3/h12,16-18H,1,4-11H2,2-3H3/t16-,17-,18+,20+,21+,22-/m1/s1. The van der Waals surface area contributed by atoms with Crippen LogP contribution in [0.1, 0.15) is 65.2 Å². The Hall–Kier alpha value is -1.58. The fraction of sp³-hybridized carbons (Fsp3) is 0.727. The molecule has 0 amide bonds. The minimum Gasteiger partial charge on any atom is -0.419 e. The Kier molecular flexibility index (Phi) is 3.20. The van der Waals surface area contributed by atoms with E-state index in [0.29, 0.717) is 35.7 Å². The molecule has 0 unspecified atom stereocenters. The summed E-state index contributed by atoms with van der Waals surface area (Å²) in [7, 11) is 0. The first-order chi connectivity index (χ1) is 12.3. The SMILES string of the molecule is C=C1OC(=O)O[C@]12CC[C@H]1[C@@H]3CCC4=CC(=O)CC[C@]4(C)[C@@H]3CC[C@@]12C. The predicted octanol–water partition coefficient (Wildman–Crippen LogP) is 4.94. The summed E-state index contributed by atoms with van der Waals surface area (Å²) in [6.45, 7) is 8.75. The van der Waals surface area contributed by atoms with Gasteiger partial charge in [-0.2, -0.15) is 0 Å².